The van der Waals surface area contributed by atoms with E-state index in [1.54, 1.807) is 23.0 Å². The molecule has 0 saturated heterocycles. The molecule has 5 heteroatoms. The molecule has 2 aromatic heterocycles. The van der Waals surface area contributed by atoms with Crippen molar-refractivity contribution in [1.29, 1.82) is 0 Å². The largest absolute Gasteiger partial charge is 0.490 e. The molecule has 0 aliphatic heterocycles. The second-order valence-corrected chi connectivity index (χ2v) is 4.75. The van der Waals surface area contributed by atoms with E-state index in [1.165, 1.54) is 6.07 Å². The van der Waals surface area contributed by atoms with Gasteiger partial charge in [0.1, 0.15) is 12.4 Å². The summed E-state index contributed by atoms with van der Waals surface area (Å²) < 4.78 is 7.18. The lowest BCUT2D eigenvalue weighted by Crippen LogP contribution is -2.21. The van der Waals surface area contributed by atoms with Gasteiger partial charge in [0.25, 0.3) is 5.56 Å². The maximum atomic E-state index is 11.5. The highest BCUT2D eigenvalue weighted by molar-refractivity contribution is 5.20. The lowest BCUT2D eigenvalue weighted by Gasteiger charge is -2.09. The van der Waals surface area contributed by atoms with Crippen molar-refractivity contribution < 1.29 is 4.74 Å². The van der Waals surface area contributed by atoms with Crippen LogP contribution >= 0.6 is 0 Å². The molecule has 0 aromatic carbocycles. The minimum Gasteiger partial charge on any atom is -0.490 e. The van der Waals surface area contributed by atoms with Crippen LogP contribution in [0.3, 0.4) is 0 Å². The highest BCUT2D eigenvalue weighted by atomic mass is 16.5. The van der Waals surface area contributed by atoms with Crippen molar-refractivity contribution >= 4 is 0 Å². The number of hydrogen-bond acceptors (Lipinski definition) is 4. The van der Waals surface area contributed by atoms with Crippen molar-refractivity contribution in [1.82, 2.24) is 9.55 Å². The van der Waals surface area contributed by atoms with Gasteiger partial charge in [-0.25, -0.2) is 0 Å². The minimum absolute atomic E-state index is 0.0264. The summed E-state index contributed by atoms with van der Waals surface area (Å²) in [6.45, 7) is 2.89. The van der Waals surface area contributed by atoms with E-state index in [1.807, 2.05) is 25.1 Å². The smallest absolute Gasteiger partial charge is 0.250 e. The Morgan fingerprint density at radius 1 is 1.35 bits per heavy atom. The molecule has 2 N–H and O–H groups in total. The fourth-order valence-electron chi connectivity index (χ4n) is 1.85. The molecule has 20 heavy (non-hydrogen) atoms. The lowest BCUT2D eigenvalue weighted by molar-refractivity contribution is 0.295. The molecule has 2 aromatic rings. The SMILES string of the molecule is CC(N)Cc1ccc(OCCn2ccccc2=O)cn1. The van der Waals surface area contributed by atoms with Crippen molar-refractivity contribution in [3.8, 4) is 5.75 Å². The second-order valence-electron chi connectivity index (χ2n) is 4.75. The van der Waals surface area contributed by atoms with Gasteiger partial charge in [0.2, 0.25) is 0 Å². The molecule has 0 radical (unpaired) electrons. The molecule has 0 fully saturated rings. The number of hydrogen-bond donors (Lipinski definition) is 1. The van der Waals surface area contributed by atoms with Crippen molar-refractivity contribution in [3.63, 3.8) is 0 Å². The van der Waals surface area contributed by atoms with Gasteiger partial charge in [-0.1, -0.05) is 6.07 Å². The molecule has 1 unspecified atom stereocenters. The van der Waals surface area contributed by atoms with Crippen LogP contribution in [0.25, 0.3) is 0 Å². The first kappa shape index (κ1) is 14.3. The zero-order chi connectivity index (χ0) is 14.4. The van der Waals surface area contributed by atoms with Gasteiger partial charge in [0.05, 0.1) is 12.7 Å². The summed E-state index contributed by atoms with van der Waals surface area (Å²) in [7, 11) is 0. The van der Waals surface area contributed by atoms with E-state index in [4.69, 9.17) is 10.5 Å². The van der Waals surface area contributed by atoms with Crippen LogP contribution < -0.4 is 16.0 Å². The molecule has 0 aliphatic rings. The van der Waals surface area contributed by atoms with Crippen molar-refractivity contribution in [2.24, 2.45) is 5.73 Å². The Morgan fingerprint density at radius 2 is 2.20 bits per heavy atom. The molecule has 0 amide bonds. The summed E-state index contributed by atoms with van der Waals surface area (Å²) in [5.41, 5.74) is 6.64. The van der Waals surface area contributed by atoms with Crippen molar-refractivity contribution in [2.45, 2.75) is 25.9 Å². The average molecular weight is 273 g/mol. The molecular formula is C15H19N3O2. The Hall–Kier alpha value is -2.14. The monoisotopic (exact) mass is 273 g/mol. The van der Waals surface area contributed by atoms with Crippen molar-refractivity contribution in [3.05, 3.63) is 58.8 Å². The van der Waals surface area contributed by atoms with Crippen LogP contribution in [0, 0.1) is 0 Å². The van der Waals surface area contributed by atoms with E-state index in [-0.39, 0.29) is 11.6 Å². The number of nitrogens with two attached hydrogens (primary N) is 1. The highest BCUT2D eigenvalue weighted by Crippen LogP contribution is 2.10. The Morgan fingerprint density at radius 3 is 2.85 bits per heavy atom. The highest BCUT2D eigenvalue weighted by Gasteiger charge is 2.01. The fourth-order valence-corrected chi connectivity index (χ4v) is 1.85. The van der Waals surface area contributed by atoms with Crippen LogP contribution in [0.2, 0.25) is 0 Å². The molecule has 106 valence electrons. The molecule has 5 nitrogen and oxygen atoms in total. The summed E-state index contributed by atoms with van der Waals surface area (Å²) in [5.74, 6) is 0.697. The van der Waals surface area contributed by atoms with Crippen LogP contribution in [0.5, 0.6) is 5.75 Å². The molecule has 0 saturated carbocycles. The van der Waals surface area contributed by atoms with Gasteiger partial charge in [-0.2, -0.15) is 0 Å². The lowest BCUT2D eigenvalue weighted by atomic mass is 10.2. The van der Waals surface area contributed by atoms with Gasteiger partial charge in [-0.3, -0.25) is 9.78 Å². The van der Waals surface area contributed by atoms with E-state index in [2.05, 4.69) is 4.98 Å². The third-order valence-corrected chi connectivity index (χ3v) is 2.83. The maximum Gasteiger partial charge on any atom is 0.250 e. The van der Waals surface area contributed by atoms with E-state index < -0.39 is 0 Å². The first-order chi connectivity index (χ1) is 9.65. The first-order valence-electron chi connectivity index (χ1n) is 6.64. The van der Waals surface area contributed by atoms with Crippen LogP contribution in [-0.4, -0.2) is 22.2 Å². The van der Waals surface area contributed by atoms with Crippen LogP contribution in [0.15, 0.2) is 47.5 Å². The molecular weight excluding hydrogens is 254 g/mol. The summed E-state index contributed by atoms with van der Waals surface area (Å²) >= 11 is 0. The van der Waals surface area contributed by atoms with Crippen LogP contribution in [0.1, 0.15) is 12.6 Å². The Kier molecular flexibility index (Phi) is 4.90. The second kappa shape index (κ2) is 6.86. The first-order valence-corrected chi connectivity index (χ1v) is 6.64. The Bertz CT molecular complexity index is 591. The number of ether oxygens (including phenoxy) is 1. The Balaban J connectivity index is 1.85. The van der Waals surface area contributed by atoms with E-state index >= 15 is 0 Å². The zero-order valence-corrected chi connectivity index (χ0v) is 11.5. The average Bonchev–Trinajstić information content (AvgIpc) is 2.42. The molecule has 0 spiro atoms. The summed E-state index contributed by atoms with van der Waals surface area (Å²) in [6.07, 6.45) is 4.18. The predicted octanol–water partition coefficient (Wildman–Crippen LogP) is 1.21. The normalized spacial score (nSPS) is 12.1. The molecule has 1 atom stereocenters. The summed E-state index contributed by atoms with van der Waals surface area (Å²) in [5, 5.41) is 0. The Labute approximate surface area is 118 Å². The van der Waals surface area contributed by atoms with Gasteiger partial charge in [0.15, 0.2) is 0 Å². The number of pyridine rings is 2. The predicted molar refractivity (Wildman–Crippen MR) is 77.8 cm³/mol. The molecule has 0 aliphatic carbocycles. The number of nitrogens with zero attached hydrogens (tertiary/aromatic N) is 2. The number of aromatic nitrogens is 2. The van der Waals surface area contributed by atoms with E-state index in [0.29, 0.717) is 18.9 Å². The van der Waals surface area contributed by atoms with E-state index in [0.717, 1.165) is 12.1 Å². The van der Waals surface area contributed by atoms with Gasteiger partial charge < -0.3 is 15.0 Å². The maximum absolute atomic E-state index is 11.5. The van der Waals surface area contributed by atoms with E-state index in [9.17, 15) is 4.79 Å². The fraction of sp³-hybridized carbons (Fsp3) is 0.333. The number of rotatable bonds is 6. The summed E-state index contributed by atoms with van der Waals surface area (Å²) in [4.78, 5) is 15.8. The quantitative estimate of drug-likeness (QED) is 0.859. The van der Waals surface area contributed by atoms with Gasteiger partial charge in [0, 0.05) is 30.4 Å². The third-order valence-electron chi connectivity index (χ3n) is 2.83. The third kappa shape index (κ3) is 4.20. The van der Waals surface area contributed by atoms with Gasteiger partial charge >= 0.3 is 0 Å². The topological polar surface area (TPSA) is 70.1 Å². The minimum atomic E-state index is -0.0264. The zero-order valence-electron chi connectivity index (χ0n) is 11.5. The molecule has 0 bridgehead atoms. The standard InChI is InChI=1S/C15H19N3O2/c1-12(16)10-13-5-6-14(11-17-13)20-9-8-18-7-3-2-4-15(18)19/h2-7,11-12H,8-10,16H2,1H3. The molecule has 2 rings (SSSR count). The van der Waals surface area contributed by atoms with Gasteiger partial charge in [-0.05, 0) is 25.1 Å². The van der Waals surface area contributed by atoms with Gasteiger partial charge in [-0.15, -0.1) is 0 Å². The van der Waals surface area contributed by atoms with Crippen LogP contribution in [-0.2, 0) is 13.0 Å². The van der Waals surface area contributed by atoms with Crippen molar-refractivity contribution in [2.75, 3.05) is 6.61 Å². The molecule has 2 heterocycles. The van der Waals surface area contributed by atoms with Crippen LogP contribution in [0.4, 0.5) is 0 Å². The summed E-state index contributed by atoms with van der Waals surface area (Å²) in [6, 6.07) is 8.96.